The summed E-state index contributed by atoms with van der Waals surface area (Å²) in [6.07, 6.45) is -0.0797. The van der Waals surface area contributed by atoms with Gasteiger partial charge in [-0.15, -0.1) is 0 Å². The Morgan fingerprint density at radius 3 is 2.38 bits per heavy atom. The number of piperidine rings is 1. The van der Waals surface area contributed by atoms with Gasteiger partial charge in [0.25, 0.3) is 0 Å². The van der Waals surface area contributed by atoms with Crippen molar-refractivity contribution in [1.82, 2.24) is 4.98 Å². The summed E-state index contributed by atoms with van der Waals surface area (Å²) >= 11 is 3.32. The molecule has 0 radical (unpaired) electrons. The standard InChI is InChI=1S/C19H20BrF3N2O/c1-26-13-4-6-25(7-5-13)17-10-14-15(20)8-12(19(21,22)23)9-16(14)24-18(17)11-2-3-11/h8-11,13H,2-7H2,1H3. The van der Waals surface area contributed by atoms with Crippen molar-refractivity contribution >= 4 is 32.5 Å². The summed E-state index contributed by atoms with van der Waals surface area (Å²) in [7, 11) is 1.74. The molecule has 1 aromatic carbocycles. The Bertz CT molecular complexity index is 828. The first-order chi connectivity index (χ1) is 12.4. The number of anilines is 1. The number of aromatic nitrogens is 1. The van der Waals surface area contributed by atoms with E-state index >= 15 is 0 Å². The summed E-state index contributed by atoms with van der Waals surface area (Å²) in [5.74, 6) is 0.364. The van der Waals surface area contributed by atoms with E-state index in [1.165, 1.54) is 0 Å². The Kier molecular flexibility index (Phi) is 4.63. The maximum Gasteiger partial charge on any atom is 0.416 e. The molecule has 0 spiro atoms. The minimum absolute atomic E-state index is 0.283. The van der Waals surface area contributed by atoms with E-state index in [4.69, 9.17) is 4.74 Å². The number of methoxy groups -OCH3 is 1. The van der Waals surface area contributed by atoms with Crippen LogP contribution >= 0.6 is 15.9 Å². The van der Waals surface area contributed by atoms with E-state index in [2.05, 4.69) is 25.8 Å². The van der Waals surface area contributed by atoms with Crippen LogP contribution in [0.25, 0.3) is 10.9 Å². The summed E-state index contributed by atoms with van der Waals surface area (Å²) in [5.41, 5.74) is 1.75. The van der Waals surface area contributed by atoms with Crippen molar-refractivity contribution in [2.75, 3.05) is 25.1 Å². The minimum Gasteiger partial charge on any atom is -0.381 e. The van der Waals surface area contributed by atoms with Crippen molar-refractivity contribution in [3.8, 4) is 0 Å². The van der Waals surface area contributed by atoms with Crippen LogP contribution in [0.3, 0.4) is 0 Å². The van der Waals surface area contributed by atoms with E-state index in [9.17, 15) is 13.2 Å². The maximum atomic E-state index is 13.1. The molecular weight excluding hydrogens is 409 g/mol. The van der Waals surface area contributed by atoms with Crippen molar-refractivity contribution in [2.24, 2.45) is 0 Å². The normalized spacial score (nSPS) is 19.3. The zero-order valence-corrected chi connectivity index (χ0v) is 16.0. The average Bonchev–Trinajstić information content (AvgIpc) is 3.45. The van der Waals surface area contributed by atoms with Gasteiger partial charge in [-0.25, -0.2) is 0 Å². The van der Waals surface area contributed by atoms with Crippen molar-refractivity contribution in [3.63, 3.8) is 0 Å². The number of hydrogen-bond donors (Lipinski definition) is 0. The molecule has 4 rings (SSSR count). The predicted octanol–water partition coefficient (Wildman–Crippen LogP) is 5.51. The van der Waals surface area contributed by atoms with Crippen molar-refractivity contribution in [3.05, 3.63) is 33.9 Å². The Labute approximate surface area is 158 Å². The first-order valence-electron chi connectivity index (χ1n) is 8.86. The lowest BCUT2D eigenvalue weighted by atomic mass is 10.0. The van der Waals surface area contributed by atoms with Gasteiger partial charge in [-0.05, 0) is 43.9 Å². The molecule has 2 aromatic rings. The Balaban J connectivity index is 1.78. The second kappa shape index (κ2) is 6.68. The molecule has 7 heteroatoms. The van der Waals surface area contributed by atoms with Crippen LogP contribution in [0, 0.1) is 0 Å². The lowest BCUT2D eigenvalue weighted by molar-refractivity contribution is -0.137. The highest BCUT2D eigenvalue weighted by Gasteiger charge is 2.34. The lowest BCUT2D eigenvalue weighted by Crippen LogP contribution is -2.37. The first-order valence-corrected chi connectivity index (χ1v) is 9.65. The van der Waals surface area contributed by atoms with Gasteiger partial charge in [-0.1, -0.05) is 15.9 Å². The monoisotopic (exact) mass is 428 g/mol. The number of halogens is 4. The molecule has 0 bridgehead atoms. The van der Waals surface area contributed by atoms with Crippen LogP contribution in [0.15, 0.2) is 22.7 Å². The highest BCUT2D eigenvalue weighted by molar-refractivity contribution is 9.10. The molecule has 0 atom stereocenters. The average molecular weight is 429 g/mol. The van der Waals surface area contributed by atoms with Gasteiger partial charge in [0.2, 0.25) is 0 Å². The molecule has 0 N–H and O–H groups in total. The van der Waals surface area contributed by atoms with Crippen LogP contribution in [-0.4, -0.2) is 31.3 Å². The lowest BCUT2D eigenvalue weighted by Gasteiger charge is -2.34. The SMILES string of the molecule is COC1CCN(c2cc3c(Br)cc(C(F)(F)F)cc3nc2C2CC2)CC1. The summed E-state index contributed by atoms with van der Waals surface area (Å²) in [5, 5.41) is 0.728. The Hall–Kier alpha value is -1.34. The summed E-state index contributed by atoms with van der Waals surface area (Å²) in [4.78, 5) is 6.99. The van der Waals surface area contributed by atoms with E-state index < -0.39 is 11.7 Å². The van der Waals surface area contributed by atoms with Gasteiger partial charge in [-0.3, -0.25) is 4.98 Å². The number of hydrogen-bond acceptors (Lipinski definition) is 3. The molecule has 1 saturated heterocycles. The molecule has 1 saturated carbocycles. The van der Waals surface area contributed by atoms with Crippen LogP contribution < -0.4 is 4.90 Å². The smallest absolute Gasteiger partial charge is 0.381 e. The summed E-state index contributed by atoms with van der Waals surface area (Å²) in [6.45, 7) is 1.76. The van der Waals surface area contributed by atoms with Crippen LogP contribution in [-0.2, 0) is 10.9 Å². The van der Waals surface area contributed by atoms with Crippen LogP contribution in [0.1, 0.15) is 42.9 Å². The van der Waals surface area contributed by atoms with E-state index in [1.54, 1.807) is 7.11 Å². The largest absolute Gasteiger partial charge is 0.416 e. The third-order valence-corrected chi connectivity index (χ3v) is 5.96. The van der Waals surface area contributed by atoms with Crippen LogP contribution in [0.2, 0.25) is 0 Å². The molecule has 26 heavy (non-hydrogen) atoms. The van der Waals surface area contributed by atoms with Gasteiger partial charge in [0.1, 0.15) is 0 Å². The van der Waals surface area contributed by atoms with Gasteiger partial charge in [0.15, 0.2) is 0 Å². The molecule has 1 aliphatic carbocycles. The van der Waals surface area contributed by atoms with E-state index in [1.807, 2.05) is 6.07 Å². The number of nitrogens with zero attached hydrogens (tertiary/aromatic N) is 2. The zero-order chi connectivity index (χ0) is 18.5. The van der Waals surface area contributed by atoms with E-state index in [0.717, 1.165) is 67.7 Å². The molecule has 1 aliphatic heterocycles. The van der Waals surface area contributed by atoms with Gasteiger partial charge >= 0.3 is 6.18 Å². The quantitative estimate of drug-likeness (QED) is 0.644. The Morgan fingerprint density at radius 1 is 1.12 bits per heavy atom. The number of ether oxygens (including phenoxy) is 1. The molecular formula is C19H20BrF3N2O. The maximum absolute atomic E-state index is 13.1. The molecule has 2 heterocycles. The number of alkyl halides is 3. The fourth-order valence-corrected chi connectivity index (χ4v) is 4.21. The van der Waals surface area contributed by atoms with Crippen LogP contribution in [0.5, 0.6) is 0 Å². The second-order valence-corrected chi connectivity index (χ2v) is 7.97. The molecule has 1 aromatic heterocycles. The summed E-state index contributed by atoms with van der Waals surface area (Å²) < 4.78 is 45.3. The fourth-order valence-electron chi connectivity index (χ4n) is 3.64. The van der Waals surface area contributed by atoms with E-state index in [-0.39, 0.29) is 6.10 Å². The van der Waals surface area contributed by atoms with E-state index in [0.29, 0.717) is 15.9 Å². The molecule has 0 amide bonds. The Morgan fingerprint density at radius 2 is 1.81 bits per heavy atom. The third-order valence-electron chi connectivity index (χ3n) is 5.30. The first kappa shape index (κ1) is 18.0. The van der Waals surface area contributed by atoms with Gasteiger partial charge in [0, 0.05) is 36.0 Å². The number of rotatable bonds is 3. The zero-order valence-electron chi connectivity index (χ0n) is 14.4. The van der Waals surface area contributed by atoms with Gasteiger partial charge in [-0.2, -0.15) is 13.2 Å². The van der Waals surface area contributed by atoms with Crippen LogP contribution in [0.4, 0.5) is 18.9 Å². The van der Waals surface area contributed by atoms with Crippen molar-refractivity contribution in [1.29, 1.82) is 0 Å². The fraction of sp³-hybridized carbons (Fsp3) is 0.526. The molecule has 2 fully saturated rings. The number of pyridine rings is 1. The highest BCUT2D eigenvalue weighted by Crippen LogP contribution is 2.46. The third kappa shape index (κ3) is 3.43. The molecule has 140 valence electrons. The molecule has 0 unspecified atom stereocenters. The molecule has 2 aliphatic rings. The van der Waals surface area contributed by atoms with Gasteiger partial charge < -0.3 is 9.64 Å². The van der Waals surface area contributed by atoms with Gasteiger partial charge in [0.05, 0.1) is 28.6 Å². The molecule has 3 nitrogen and oxygen atoms in total. The summed E-state index contributed by atoms with van der Waals surface area (Å²) in [6, 6.07) is 4.31. The number of fused-ring (bicyclic) bond motifs is 1. The van der Waals surface area contributed by atoms with Crippen molar-refractivity contribution < 1.29 is 17.9 Å². The van der Waals surface area contributed by atoms with Crippen molar-refractivity contribution in [2.45, 2.75) is 43.9 Å². The minimum atomic E-state index is -4.38. The highest BCUT2D eigenvalue weighted by atomic mass is 79.9. The number of benzene rings is 1. The predicted molar refractivity (Wildman–Crippen MR) is 98.7 cm³/mol. The topological polar surface area (TPSA) is 25.4 Å². The second-order valence-electron chi connectivity index (χ2n) is 7.11.